The molecule has 2 rings (SSSR count). The van der Waals surface area contributed by atoms with E-state index in [1.54, 1.807) is 24.3 Å². The minimum absolute atomic E-state index is 0.196. The van der Waals surface area contributed by atoms with Gasteiger partial charge in [0, 0.05) is 21.7 Å². The molecule has 1 amide bonds. The van der Waals surface area contributed by atoms with Crippen LogP contribution in [-0.2, 0) is 9.63 Å². The molecule has 0 saturated carbocycles. The Hall–Kier alpha value is -1.03. The fourth-order valence-electron chi connectivity index (χ4n) is 1.53. The van der Waals surface area contributed by atoms with Crippen molar-refractivity contribution in [1.29, 1.82) is 0 Å². The standard InChI is InChI=1S/C12H11Cl2NO2/c13-10-3-1-4-11(14)9(10)5-6-12(16)15-7-2-8-17-15/h1,3-6H,2,7-8H2/b6-5+. The third-order valence-corrected chi connectivity index (χ3v) is 3.05. The zero-order valence-electron chi connectivity index (χ0n) is 9.03. The highest BCUT2D eigenvalue weighted by molar-refractivity contribution is 6.37. The number of nitrogens with zero attached hydrogens (tertiary/aromatic N) is 1. The first kappa shape index (κ1) is 12.4. The number of carbonyl (C=O) groups excluding carboxylic acids is 1. The maximum absolute atomic E-state index is 11.7. The molecule has 1 saturated heterocycles. The van der Waals surface area contributed by atoms with Gasteiger partial charge < -0.3 is 0 Å². The first-order valence-corrected chi connectivity index (χ1v) is 6.00. The first-order valence-electron chi connectivity index (χ1n) is 5.25. The molecule has 0 atom stereocenters. The molecule has 0 spiro atoms. The molecule has 0 unspecified atom stereocenters. The van der Waals surface area contributed by atoms with Gasteiger partial charge in [-0.15, -0.1) is 0 Å². The quantitative estimate of drug-likeness (QED) is 0.774. The van der Waals surface area contributed by atoms with Crippen LogP contribution in [0.15, 0.2) is 24.3 Å². The molecule has 0 radical (unpaired) electrons. The van der Waals surface area contributed by atoms with Gasteiger partial charge >= 0.3 is 0 Å². The van der Waals surface area contributed by atoms with Gasteiger partial charge in [0.15, 0.2) is 0 Å². The Bertz CT molecular complexity index is 434. The number of halogens is 2. The minimum atomic E-state index is -0.196. The second-order valence-corrected chi connectivity index (χ2v) is 4.41. The van der Waals surface area contributed by atoms with E-state index in [0.717, 1.165) is 6.42 Å². The minimum Gasteiger partial charge on any atom is -0.271 e. The van der Waals surface area contributed by atoms with E-state index in [0.29, 0.717) is 28.8 Å². The summed E-state index contributed by atoms with van der Waals surface area (Å²) in [4.78, 5) is 16.8. The van der Waals surface area contributed by atoms with Crippen molar-refractivity contribution in [2.24, 2.45) is 0 Å². The predicted octanol–water partition coefficient (Wildman–Crippen LogP) is 3.17. The summed E-state index contributed by atoms with van der Waals surface area (Å²) in [6.07, 6.45) is 3.89. The van der Waals surface area contributed by atoms with E-state index < -0.39 is 0 Å². The van der Waals surface area contributed by atoms with Crippen LogP contribution in [-0.4, -0.2) is 24.1 Å². The lowest BCUT2D eigenvalue weighted by atomic mass is 10.2. The van der Waals surface area contributed by atoms with Gasteiger partial charge in [0.05, 0.1) is 13.2 Å². The highest BCUT2D eigenvalue weighted by atomic mass is 35.5. The van der Waals surface area contributed by atoms with Crippen LogP contribution in [0.25, 0.3) is 6.08 Å². The number of benzene rings is 1. The molecule has 5 heteroatoms. The second kappa shape index (κ2) is 5.54. The molecule has 1 fully saturated rings. The van der Waals surface area contributed by atoms with Crippen molar-refractivity contribution in [2.75, 3.05) is 13.2 Å². The van der Waals surface area contributed by atoms with Crippen molar-refractivity contribution in [1.82, 2.24) is 5.06 Å². The molecule has 1 aliphatic rings. The summed E-state index contributed by atoms with van der Waals surface area (Å²) in [5.41, 5.74) is 0.642. The van der Waals surface area contributed by atoms with Crippen LogP contribution in [0.2, 0.25) is 10.0 Å². The van der Waals surface area contributed by atoms with Crippen molar-refractivity contribution in [3.05, 3.63) is 39.9 Å². The van der Waals surface area contributed by atoms with Gasteiger partial charge in [0.2, 0.25) is 0 Å². The average Bonchev–Trinajstić information content (AvgIpc) is 2.81. The van der Waals surface area contributed by atoms with Crippen LogP contribution in [0.1, 0.15) is 12.0 Å². The lowest BCUT2D eigenvalue weighted by Crippen LogP contribution is -2.24. The molecule has 1 aromatic carbocycles. The number of amides is 1. The zero-order valence-corrected chi connectivity index (χ0v) is 10.5. The smallest absolute Gasteiger partial charge is 0.270 e. The average molecular weight is 272 g/mol. The highest BCUT2D eigenvalue weighted by Gasteiger charge is 2.16. The topological polar surface area (TPSA) is 29.5 Å². The van der Waals surface area contributed by atoms with Gasteiger partial charge in [0.1, 0.15) is 0 Å². The lowest BCUT2D eigenvalue weighted by molar-refractivity contribution is -0.162. The van der Waals surface area contributed by atoms with E-state index >= 15 is 0 Å². The van der Waals surface area contributed by atoms with E-state index in [2.05, 4.69) is 0 Å². The third kappa shape index (κ3) is 3.00. The Morgan fingerprint density at radius 1 is 1.35 bits per heavy atom. The molecule has 3 nitrogen and oxygen atoms in total. The fourth-order valence-corrected chi connectivity index (χ4v) is 2.05. The fraction of sp³-hybridized carbons (Fsp3) is 0.250. The van der Waals surface area contributed by atoms with Crippen molar-refractivity contribution in [3.8, 4) is 0 Å². The van der Waals surface area contributed by atoms with Crippen molar-refractivity contribution in [3.63, 3.8) is 0 Å². The lowest BCUT2D eigenvalue weighted by Gasteiger charge is -2.10. The van der Waals surface area contributed by atoms with Gasteiger partial charge in [-0.05, 0) is 24.6 Å². The molecular formula is C12H11Cl2NO2. The molecule has 0 N–H and O–H groups in total. The van der Waals surface area contributed by atoms with Crippen LogP contribution in [0.4, 0.5) is 0 Å². The van der Waals surface area contributed by atoms with Crippen molar-refractivity contribution < 1.29 is 9.63 Å². The van der Waals surface area contributed by atoms with Gasteiger partial charge in [-0.25, -0.2) is 5.06 Å². The summed E-state index contributed by atoms with van der Waals surface area (Å²) in [6.45, 7) is 1.21. The van der Waals surface area contributed by atoms with E-state index in [1.165, 1.54) is 11.1 Å². The SMILES string of the molecule is O=C(/C=C/c1c(Cl)cccc1Cl)N1CCCO1. The zero-order chi connectivity index (χ0) is 12.3. The molecule has 0 bridgehead atoms. The Labute approximate surface area is 110 Å². The van der Waals surface area contributed by atoms with Gasteiger partial charge in [0.25, 0.3) is 5.91 Å². The first-order chi connectivity index (χ1) is 8.18. The van der Waals surface area contributed by atoms with Crippen LogP contribution in [0.5, 0.6) is 0 Å². The maximum atomic E-state index is 11.7. The summed E-state index contributed by atoms with van der Waals surface area (Å²) in [5.74, 6) is -0.196. The Balaban J connectivity index is 2.12. The molecule has 0 aliphatic carbocycles. The Morgan fingerprint density at radius 2 is 2.06 bits per heavy atom. The predicted molar refractivity (Wildman–Crippen MR) is 67.8 cm³/mol. The number of hydrogen-bond donors (Lipinski definition) is 0. The molecular weight excluding hydrogens is 261 g/mol. The second-order valence-electron chi connectivity index (χ2n) is 3.60. The van der Waals surface area contributed by atoms with Crippen molar-refractivity contribution >= 4 is 35.2 Å². The van der Waals surface area contributed by atoms with E-state index in [-0.39, 0.29) is 5.91 Å². The number of carbonyl (C=O) groups is 1. The number of hydrogen-bond acceptors (Lipinski definition) is 2. The van der Waals surface area contributed by atoms with Crippen LogP contribution in [0, 0.1) is 0 Å². The normalized spacial score (nSPS) is 15.8. The largest absolute Gasteiger partial charge is 0.271 e. The molecule has 17 heavy (non-hydrogen) atoms. The van der Waals surface area contributed by atoms with E-state index in [1.807, 2.05) is 0 Å². The summed E-state index contributed by atoms with van der Waals surface area (Å²) < 4.78 is 0. The van der Waals surface area contributed by atoms with Crippen LogP contribution in [0.3, 0.4) is 0 Å². The molecule has 1 aromatic rings. The number of hydroxylamine groups is 2. The monoisotopic (exact) mass is 271 g/mol. The van der Waals surface area contributed by atoms with E-state index in [9.17, 15) is 4.79 Å². The summed E-state index contributed by atoms with van der Waals surface area (Å²) >= 11 is 12.0. The summed E-state index contributed by atoms with van der Waals surface area (Å²) in [6, 6.07) is 5.21. The van der Waals surface area contributed by atoms with Crippen molar-refractivity contribution in [2.45, 2.75) is 6.42 Å². The van der Waals surface area contributed by atoms with Crippen LogP contribution < -0.4 is 0 Å². The molecule has 1 heterocycles. The van der Waals surface area contributed by atoms with E-state index in [4.69, 9.17) is 28.0 Å². The molecule has 0 aromatic heterocycles. The van der Waals surface area contributed by atoms with Gasteiger partial charge in [-0.1, -0.05) is 29.3 Å². The molecule has 1 aliphatic heterocycles. The molecule has 90 valence electrons. The number of rotatable bonds is 2. The highest BCUT2D eigenvalue weighted by Crippen LogP contribution is 2.25. The van der Waals surface area contributed by atoms with Gasteiger partial charge in [-0.2, -0.15) is 0 Å². The summed E-state index contributed by atoms with van der Waals surface area (Å²) in [7, 11) is 0. The van der Waals surface area contributed by atoms with Crippen LogP contribution >= 0.6 is 23.2 Å². The third-order valence-electron chi connectivity index (χ3n) is 2.39. The maximum Gasteiger partial charge on any atom is 0.270 e. The Morgan fingerprint density at radius 3 is 2.65 bits per heavy atom. The Kier molecular flexibility index (Phi) is 4.05. The van der Waals surface area contributed by atoms with Gasteiger partial charge in [-0.3, -0.25) is 9.63 Å². The summed E-state index contributed by atoms with van der Waals surface area (Å²) in [5, 5.41) is 2.37.